The predicted octanol–water partition coefficient (Wildman–Crippen LogP) is 1.63. The van der Waals surface area contributed by atoms with Gasteiger partial charge in [0, 0.05) is 25.3 Å². The zero-order chi connectivity index (χ0) is 15.8. The first-order chi connectivity index (χ1) is 9.74. The third kappa shape index (κ3) is 3.63. The molecule has 0 fully saturated rings. The third-order valence-corrected chi connectivity index (χ3v) is 5.35. The summed E-state index contributed by atoms with van der Waals surface area (Å²) < 4.78 is 32.2. The van der Waals surface area contributed by atoms with E-state index in [9.17, 15) is 13.0 Å². The third-order valence-electron chi connectivity index (χ3n) is 3.84. The highest BCUT2D eigenvalue weighted by atomic mass is 35.5. The Morgan fingerprint density at radius 2 is 1.95 bits per heavy atom. The zero-order valence-electron chi connectivity index (χ0n) is 11.9. The number of nitrogens with one attached hydrogen (secondary N) is 1. The predicted molar refractivity (Wildman–Crippen MR) is 83.6 cm³/mol. The van der Waals surface area contributed by atoms with Gasteiger partial charge < -0.3 is 9.45 Å². The van der Waals surface area contributed by atoms with Crippen LogP contribution >= 0.6 is 23.2 Å². The van der Waals surface area contributed by atoms with Crippen LogP contribution in [0.2, 0.25) is 10.0 Å². The molecule has 0 aromatic heterocycles. The Kier molecular flexibility index (Phi) is 5.05. The molecule has 0 saturated heterocycles. The summed E-state index contributed by atoms with van der Waals surface area (Å²) in [5.74, 6) is -0.353. The van der Waals surface area contributed by atoms with E-state index in [0.717, 1.165) is 17.9 Å². The average Bonchev–Trinajstić information content (AvgIpc) is 2.61. The molecule has 0 bridgehead atoms. The summed E-state index contributed by atoms with van der Waals surface area (Å²) >= 11 is 12.2. The quantitative estimate of drug-likeness (QED) is 0.818. The normalized spacial score (nSPS) is 21.7. The molecule has 0 spiro atoms. The fourth-order valence-electron chi connectivity index (χ4n) is 2.86. The molecule has 0 aliphatic carbocycles. The number of fused-ring (bicyclic) bond motifs is 1. The number of hydrogen-bond acceptors (Lipinski definition) is 4. The van der Waals surface area contributed by atoms with Crippen LogP contribution in [0.3, 0.4) is 0 Å². The molecular weight excluding hydrogens is 335 g/mol. The molecule has 21 heavy (non-hydrogen) atoms. The van der Waals surface area contributed by atoms with Gasteiger partial charge in [-0.2, -0.15) is 0 Å². The van der Waals surface area contributed by atoms with Crippen molar-refractivity contribution >= 4 is 44.7 Å². The molecule has 2 atom stereocenters. The first-order valence-corrected chi connectivity index (χ1v) is 9.13. The van der Waals surface area contributed by atoms with Crippen LogP contribution in [0.4, 0.5) is 11.4 Å². The molecule has 1 aliphatic rings. The van der Waals surface area contributed by atoms with Crippen molar-refractivity contribution in [3.8, 4) is 0 Å². The summed E-state index contributed by atoms with van der Waals surface area (Å²) in [6, 6.07) is 3.67. The van der Waals surface area contributed by atoms with E-state index in [-0.39, 0.29) is 11.9 Å². The van der Waals surface area contributed by atoms with E-state index >= 15 is 0 Å². The first kappa shape index (κ1) is 16.8. The van der Waals surface area contributed by atoms with Gasteiger partial charge in [0.25, 0.3) is 0 Å². The fourth-order valence-corrected chi connectivity index (χ4v) is 3.67. The second-order valence-electron chi connectivity index (χ2n) is 5.15. The van der Waals surface area contributed by atoms with Crippen LogP contribution in [0.15, 0.2) is 12.1 Å². The van der Waals surface area contributed by atoms with Crippen LogP contribution < -0.4 is 9.80 Å². The number of rotatable bonds is 5. The Morgan fingerprint density at radius 3 is 2.52 bits per heavy atom. The van der Waals surface area contributed by atoms with Gasteiger partial charge in [-0.25, -0.2) is 8.42 Å². The van der Waals surface area contributed by atoms with Crippen LogP contribution in [-0.2, 0) is 10.1 Å². The van der Waals surface area contributed by atoms with Gasteiger partial charge in [-0.1, -0.05) is 23.2 Å². The van der Waals surface area contributed by atoms with Crippen LogP contribution in [-0.4, -0.2) is 38.0 Å². The minimum Gasteiger partial charge on any atom is -0.748 e. The van der Waals surface area contributed by atoms with Crippen LogP contribution in [0.1, 0.15) is 20.3 Å². The van der Waals surface area contributed by atoms with Crippen molar-refractivity contribution in [3.63, 3.8) is 0 Å². The van der Waals surface area contributed by atoms with Gasteiger partial charge >= 0.3 is 0 Å². The van der Waals surface area contributed by atoms with Crippen LogP contribution in [0.25, 0.3) is 0 Å². The van der Waals surface area contributed by atoms with Crippen molar-refractivity contribution in [2.75, 3.05) is 23.7 Å². The van der Waals surface area contributed by atoms with Gasteiger partial charge in [-0.15, -0.1) is 0 Å². The molecule has 2 rings (SSSR count). The Labute approximate surface area is 135 Å². The lowest BCUT2D eigenvalue weighted by atomic mass is 10.2. The molecule has 5 nitrogen and oxygen atoms in total. The monoisotopic (exact) mass is 352 g/mol. The van der Waals surface area contributed by atoms with Gasteiger partial charge in [-0.05, 0) is 19.4 Å². The Bertz CT molecular complexity index is 637. The molecule has 1 aliphatic heterocycles. The summed E-state index contributed by atoms with van der Waals surface area (Å²) in [7, 11) is -4.18. The zero-order valence-corrected chi connectivity index (χ0v) is 14.2. The lowest BCUT2D eigenvalue weighted by Crippen LogP contribution is -3.10. The smallest absolute Gasteiger partial charge is 0.165 e. The number of quaternary nitrogens is 1. The van der Waals surface area contributed by atoms with Gasteiger partial charge in [0.15, 0.2) is 11.9 Å². The minimum absolute atomic E-state index is 0.147. The maximum atomic E-state index is 10.7. The lowest BCUT2D eigenvalue weighted by molar-refractivity contribution is -0.849. The van der Waals surface area contributed by atoms with Gasteiger partial charge in [0.2, 0.25) is 0 Å². The van der Waals surface area contributed by atoms with Crippen molar-refractivity contribution in [3.05, 3.63) is 22.2 Å². The van der Waals surface area contributed by atoms with E-state index in [1.54, 1.807) is 0 Å². The molecule has 0 saturated carbocycles. The summed E-state index contributed by atoms with van der Waals surface area (Å²) in [6.45, 7) is 5.51. The first-order valence-electron chi connectivity index (χ1n) is 6.80. The Hall–Kier alpha value is -0.530. The lowest BCUT2D eigenvalue weighted by Gasteiger charge is -2.25. The molecule has 2 unspecified atom stereocenters. The van der Waals surface area contributed by atoms with Gasteiger partial charge in [0.1, 0.15) is 5.69 Å². The molecule has 8 heteroatoms. The molecule has 1 aromatic rings. The van der Waals surface area contributed by atoms with E-state index in [1.165, 1.54) is 4.90 Å². The summed E-state index contributed by atoms with van der Waals surface area (Å²) in [5.41, 5.74) is 2.02. The number of halogens is 2. The number of hydrogen-bond donors (Lipinski definition) is 1. The Morgan fingerprint density at radius 1 is 1.33 bits per heavy atom. The summed E-state index contributed by atoms with van der Waals surface area (Å²) in [6.07, 6.45) is 0.446. The highest BCUT2D eigenvalue weighted by Gasteiger charge is 2.37. The minimum atomic E-state index is -4.18. The topological polar surface area (TPSA) is 64.9 Å². The Balaban J connectivity index is 2.26. The maximum absolute atomic E-state index is 10.7. The van der Waals surface area contributed by atoms with Crippen LogP contribution in [0, 0.1) is 0 Å². The molecule has 0 radical (unpaired) electrons. The van der Waals surface area contributed by atoms with Crippen molar-refractivity contribution in [1.29, 1.82) is 0 Å². The van der Waals surface area contributed by atoms with Crippen molar-refractivity contribution in [2.24, 2.45) is 0 Å². The second-order valence-corrected chi connectivity index (χ2v) is 7.48. The molecule has 1 heterocycles. The highest BCUT2D eigenvalue weighted by Crippen LogP contribution is 2.36. The second kappa shape index (κ2) is 6.30. The average molecular weight is 353 g/mol. The molecular formula is C13H18Cl2N2O3S. The van der Waals surface area contributed by atoms with Crippen molar-refractivity contribution in [1.82, 2.24) is 0 Å². The highest BCUT2D eigenvalue weighted by molar-refractivity contribution is 7.85. The number of benzene rings is 1. The van der Waals surface area contributed by atoms with Gasteiger partial charge in [-0.3, -0.25) is 4.90 Å². The van der Waals surface area contributed by atoms with Crippen molar-refractivity contribution < 1.29 is 17.9 Å². The number of nitrogens with zero attached hydrogens (tertiary/aromatic N) is 1. The van der Waals surface area contributed by atoms with Crippen molar-refractivity contribution in [2.45, 2.75) is 26.4 Å². The van der Waals surface area contributed by atoms with E-state index in [0.29, 0.717) is 23.0 Å². The van der Waals surface area contributed by atoms with E-state index < -0.39 is 10.1 Å². The van der Waals surface area contributed by atoms with Crippen LogP contribution in [0.5, 0.6) is 0 Å². The SMILES string of the molecule is CC[NH+]1c2cc(Cl)c(Cl)cc2N(CCCS(=O)(=O)[O-])C1C. The van der Waals surface area contributed by atoms with E-state index in [2.05, 4.69) is 18.7 Å². The number of anilines is 1. The standard InChI is InChI=1S/C13H18Cl2N2O3S/c1-3-16-9(2)17(5-4-6-21(18,19)20)13-8-11(15)10(14)7-12(13)16/h7-9H,3-6H2,1-2H3,(H,18,19,20). The molecule has 0 amide bonds. The van der Waals surface area contributed by atoms with E-state index in [4.69, 9.17) is 23.2 Å². The maximum Gasteiger partial charge on any atom is 0.165 e. The summed E-state index contributed by atoms with van der Waals surface area (Å²) in [4.78, 5) is 3.33. The van der Waals surface area contributed by atoms with E-state index in [1.807, 2.05) is 12.1 Å². The largest absolute Gasteiger partial charge is 0.748 e. The molecule has 1 aromatic carbocycles. The van der Waals surface area contributed by atoms with Gasteiger partial charge in [0.05, 0.1) is 26.7 Å². The molecule has 118 valence electrons. The molecule has 1 N–H and O–H groups in total. The summed E-state index contributed by atoms with van der Waals surface area (Å²) in [5, 5.41) is 0.985. The fraction of sp³-hybridized carbons (Fsp3) is 0.538.